The van der Waals surface area contributed by atoms with E-state index in [-0.39, 0.29) is 16.7 Å². The second kappa shape index (κ2) is 8.97. The summed E-state index contributed by atoms with van der Waals surface area (Å²) in [5, 5.41) is 11.5. The Morgan fingerprint density at radius 1 is 0.812 bits per heavy atom. The molecule has 5 nitrogen and oxygen atoms in total. The highest BCUT2D eigenvalue weighted by molar-refractivity contribution is 6.32. The van der Waals surface area contributed by atoms with Crippen LogP contribution in [0.1, 0.15) is 53.0 Å². The van der Waals surface area contributed by atoms with Gasteiger partial charge in [0.2, 0.25) is 17.2 Å². The maximum Gasteiger partial charge on any atom is 0.220 e. The Labute approximate surface area is 188 Å². The van der Waals surface area contributed by atoms with Gasteiger partial charge >= 0.3 is 0 Å². The van der Waals surface area contributed by atoms with E-state index in [1.54, 1.807) is 42.5 Å². The number of hydrogen-bond acceptors (Lipinski definition) is 5. The molecule has 5 heteroatoms. The zero-order valence-corrected chi connectivity index (χ0v) is 18.4. The molecule has 0 saturated heterocycles. The minimum Gasteiger partial charge on any atom is -0.457 e. The van der Waals surface area contributed by atoms with Gasteiger partial charge in [0.05, 0.1) is 0 Å². The van der Waals surface area contributed by atoms with Gasteiger partial charge in [-0.05, 0) is 37.1 Å². The molecule has 0 aromatic heterocycles. The minimum absolute atomic E-state index is 0.157. The van der Waals surface area contributed by atoms with E-state index in [1.165, 1.54) is 0 Å². The van der Waals surface area contributed by atoms with Crippen LogP contribution in [0, 0.1) is 0 Å². The van der Waals surface area contributed by atoms with Crippen molar-refractivity contribution in [3.05, 3.63) is 89.5 Å². The average Bonchev–Trinajstić information content (AvgIpc) is 3.01. The summed E-state index contributed by atoms with van der Waals surface area (Å²) in [5.74, 6) is -0.393. The first-order valence-corrected chi connectivity index (χ1v) is 11.0. The number of nitrogens with zero attached hydrogens (tertiary/aromatic N) is 1. The van der Waals surface area contributed by atoms with Crippen LogP contribution >= 0.6 is 0 Å². The van der Waals surface area contributed by atoms with Crippen LogP contribution in [0.2, 0.25) is 0 Å². The van der Waals surface area contributed by atoms with Gasteiger partial charge in [-0.2, -0.15) is 0 Å². The molecule has 1 N–H and O–H groups in total. The van der Waals surface area contributed by atoms with Crippen molar-refractivity contribution in [2.24, 2.45) is 0 Å². The van der Waals surface area contributed by atoms with Gasteiger partial charge in [0.25, 0.3) is 0 Å². The number of carbonyl (C=O) groups excluding carboxylic acids is 2. The third-order valence-corrected chi connectivity index (χ3v) is 5.75. The third-order valence-electron chi connectivity index (χ3n) is 5.75. The molecule has 0 radical (unpaired) electrons. The number of ether oxygens (including phenoxy) is 1. The number of anilines is 1. The summed E-state index contributed by atoms with van der Waals surface area (Å²) in [6.07, 6.45) is 1.96. The van der Waals surface area contributed by atoms with Gasteiger partial charge in [-0.25, -0.2) is 0 Å². The molecule has 0 amide bonds. The molecule has 0 atom stereocenters. The zero-order chi connectivity index (χ0) is 22.7. The summed E-state index contributed by atoms with van der Waals surface area (Å²) < 4.78 is 6.14. The zero-order valence-electron chi connectivity index (χ0n) is 18.4. The number of fused-ring (bicyclic) bond motifs is 1. The van der Waals surface area contributed by atoms with Crippen molar-refractivity contribution >= 4 is 17.3 Å². The van der Waals surface area contributed by atoms with Crippen LogP contribution in [-0.2, 0) is 5.60 Å². The summed E-state index contributed by atoms with van der Waals surface area (Å²) in [6.45, 7) is 5.97. The normalized spacial score (nSPS) is 14.3. The number of carbonyl (C=O) groups is 2. The van der Waals surface area contributed by atoms with Crippen LogP contribution in [0.15, 0.2) is 72.8 Å². The van der Waals surface area contributed by atoms with Crippen molar-refractivity contribution in [1.82, 2.24) is 0 Å². The van der Waals surface area contributed by atoms with Gasteiger partial charge in [0.15, 0.2) is 0 Å². The lowest BCUT2D eigenvalue weighted by molar-refractivity contribution is 0.0314. The fraction of sp³-hybridized carbons (Fsp3) is 0.259. The van der Waals surface area contributed by atoms with Gasteiger partial charge in [-0.15, -0.1) is 0 Å². The largest absolute Gasteiger partial charge is 0.457 e. The van der Waals surface area contributed by atoms with E-state index in [1.807, 2.05) is 30.3 Å². The van der Waals surface area contributed by atoms with E-state index >= 15 is 0 Å². The molecule has 3 aromatic rings. The summed E-state index contributed by atoms with van der Waals surface area (Å²) in [4.78, 5) is 28.7. The van der Waals surface area contributed by atoms with Crippen LogP contribution in [0.3, 0.4) is 0 Å². The van der Waals surface area contributed by atoms with Crippen molar-refractivity contribution in [3.63, 3.8) is 0 Å². The highest BCUT2D eigenvalue weighted by Gasteiger charge is 2.54. The van der Waals surface area contributed by atoms with Crippen LogP contribution in [0.25, 0.3) is 0 Å². The van der Waals surface area contributed by atoms with Crippen molar-refractivity contribution < 1.29 is 19.4 Å². The maximum absolute atomic E-state index is 13.2. The second-order valence-corrected chi connectivity index (χ2v) is 8.00. The van der Waals surface area contributed by atoms with E-state index < -0.39 is 17.2 Å². The molecule has 0 fully saturated rings. The summed E-state index contributed by atoms with van der Waals surface area (Å²) in [6, 6.07) is 21.0. The Hall–Kier alpha value is -3.44. The smallest absolute Gasteiger partial charge is 0.220 e. The van der Waals surface area contributed by atoms with Crippen molar-refractivity contribution in [3.8, 4) is 11.5 Å². The molecule has 0 saturated carbocycles. The monoisotopic (exact) mass is 429 g/mol. The van der Waals surface area contributed by atoms with E-state index in [9.17, 15) is 14.7 Å². The lowest BCUT2D eigenvalue weighted by Crippen LogP contribution is -2.38. The van der Waals surface area contributed by atoms with Gasteiger partial charge in [-0.3, -0.25) is 9.59 Å². The predicted molar refractivity (Wildman–Crippen MR) is 125 cm³/mol. The summed E-state index contributed by atoms with van der Waals surface area (Å²) >= 11 is 0. The molecular weight excluding hydrogens is 402 g/mol. The Balaban J connectivity index is 1.84. The SMILES string of the molecule is CCCN(CCC)c1ccc(C2(O)C(=O)c3ccccc3C2=O)c(Oc2ccccc2)c1. The van der Waals surface area contributed by atoms with Crippen molar-refractivity contribution in [2.45, 2.75) is 32.3 Å². The van der Waals surface area contributed by atoms with Crippen LogP contribution in [-0.4, -0.2) is 29.8 Å². The maximum atomic E-state index is 13.2. The number of para-hydroxylation sites is 1. The first-order valence-electron chi connectivity index (χ1n) is 11.0. The van der Waals surface area contributed by atoms with Crippen LogP contribution in [0.5, 0.6) is 11.5 Å². The molecule has 0 heterocycles. The topological polar surface area (TPSA) is 66.8 Å². The Bertz CT molecular complexity index is 1100. The van der Waals surface area contributed by atoms with E-state index in [0.717, 1.165) is 31.6 Å². The molecule has 164 valence electrons. The summed E-state index contributed by atoms with van der Waals surface area (Å²) in [7, 11) is 0. The fourth-order valence-corrected chi connectivity index (χ4v) is 4.23. The van der Waals surface area contributed by atoms with Crippen molar-refractivity contribution in [1.29, 1.82) is 0 Å². The van der Waals surface area contributed by atoms with Gasteiger partial charge in [0, 0.05) is 41.5 Å². The highest BCUT2D eigenvalue weighted by atomic mass is 16.5. The molecule has 3 aromatic carbocycles. The van der Waals surface area contributed by atoms with E-state index in [4.69, 9.17) is 4.74 Å². The first-order chi connectivity index (χ1) is 15.5. The molecule has 0 aliphatic heterocycles. The van der Waals surface area contributed by atoms with Gasteiger partial charge < -0.3 is 14.7 Å². The second-order valence-electron chi connectivity index (χ2n) is 8.00. The molecule has 1 aliphatic rings. The average molecular weight is 430 g/mol. The molecule has 0 bridgehead atoms. The Kier molecular flexibility index (Phi) is 6.10. The lowest BCUT2D eigenvalue weighted by Gasteiger charge is -2.27. The highest BCUT2D eigenvalue weighted by Crippen LogP contribution is 2.43. The third kappa shape index (κ3) is 3.69. The van der Waals surface area contributed by atoms with Crippen molar-refractivity contribution in [2.75, 3.05) is 18.0 Å². The van der Waals surface area contributed by atoms with Gasteiger partial charge in [0.1, 0.15) is 11.5 Å². The molecule has 4 rings (SSSR count). The fourth-order valence-electron chi connectivity index (χ4n) is 4.23. The molecule has 1 aliphatic carbocycles. The van der Waals surface area contributed by atoms with Gasteiger partial charge in [-0.1, -0.05) is 56.3 Å². The summed E-state index contributed by atoms with van der Waals surface area (Å²) in [5.41, 5.74) is -0.777. The Morgan fingerprint density at radius 3 is 1.94 bits per heavy atom. The predicted octanol–water partition coefficient (Wildman–Crippen LogP) is 5.37. The lowest BCUT2D eigenvalue weighted by atomic mass is 9.87. The van der Waals surface area contributed by atoms with E-state index in [0.29, 0.717) is 11.5 Å². The first kappa shape index (κ1) is 21.8. The number of benzene rings is 3. The number of hydrogen-bond donors (Lipinski definition) is 1. The molecule has 0 unspecified atom stereocenters. The molecule has 0 spiro atoms. The van der Waals surface area contributed by atoms with Crippen LogP contribution < -0.4 is 9.64 Å². The number of aliphatic hydroxyl groups is 1. The molecular formula is C27H27NO4. The number of ketones is 2. The number of Topliss-reactive ketones (excluding diaryl/α,β-unsaturated/α-hetero) is 2. The number of rotatable bonds is 8. The Morgan fingerprint density at radius 2 is 1.38 bits per heavy atom. The standard InChI is InChI=1S/C27H27NO4/c1-3-16-28(17-4-2)19-14-15-23(24(18-19)32-20-10-6-5-7-11-20)27(31)25(29)21-12-8-9-13-22(21)26(27)30/h5-15,18,31H,3-4,16-17H2,1-2H3. The minimum atomic E-state index is -2.31. The van der Waals surface area contributed by atoms with Crippen LogP contribution in [0.4, 0.5) is 5.69 Å². The quantitative estimate of drug-likeness (QED) is 0.488. The van der Waals surface area contributed by atoms with E-state index in [2.05, 4.69) is 18.7 Å². The molecule has 32 heavy (non-hydrogen) atoms.